The van der Waals surface area contributed by atoms with Crippen LogP contribution in [0.5, 0.6) is 0 Å². The molecular weight excluding hydrogens is 250 g/mol. The lowest BCUT2D eigenvalue weighted by molar-refractivity contribution is -0.133. The van der Waals surface area contributed by atoms with Crippen molar-refractivity contribution >= 4 is 17.7 Å². The van der Waals surface area contributed by atoms with Crippen molar-refractivity contribution in [3.05, 3.63) is 35.9 Å². The van der Waals surface area contributed by atoms with Crippen LogP contribution in [0.25, 0.3) is 5.69 Å². The molecule has 2 rings (SSSR count). The monoisotopic (exact) mass is 263 g/mol. The van der Waals surface area contributed by atoms with Gasteiger partial charge in [0.25, 0.3) is 0 Å². The van der Waals surface area contributed by atoms with Gasteiger partial charge in [-0.15, -0.1) is 0 Å². The van der Waals surface area contributed by atoms with Gasteiger partial charge in [-0.2, -0.15) is 0 Å². The molecule has 0 amide bonds. The molecule has 0 atom stereocenters. The van der Waals surface area contributed by atoms with E-state index < -0.39 is 5.97 Å². The van der Waals surface area contributed by atoms with Gasteiger partial charge < -0.3 is 5.11 Å². The molecule has 2 aromatic heterocycles. The highest BCUT2D eigenvalue weighted by atomic mass is 32.2. The molecular formula is C12H13N3O2S. The van der Waals surface area contributed by atoms with Crippen LogP contribution in [0.15, 0.2) is 29.7 Å². The van der Waals surface area contributed by atoms with Crippen LogP contribution >= 0.6 is 11.8 Å². The Morgan fingerprint density at radius 2 is 2.22 bits per heavy atom. The zero-order chi connectivity index (χ0) is 13.1. The molecule has 0 aliphatic rings. The maximum absolute atomic E-state index is 10.6. The number of nitrogens with zero attached hydrogens (tertiary/aromatic N) is 3. The highest BCUT2D eigenvalue weighted by Gasteiger charge is 2.13. The van der Waals surface area contributed by atoms with E-state index in [0.717, 1.165) is 17.1 Å². The molecule has 0 aliphatic carbocycles. The molecule has 2 heterocycles. The Balaban J connectivity index is 2.41. The smallest absolute Gasteiger partial charge is 0.313 e. The first-order valence-electron chi connectivity index (χ1n) is 5.40. The Bertz CT molecular complexity index is 580. The van der Waals surface area contributed by atoms with Gasteiger partial charge in [-0.3, -0.25) is 14.3 Å². The first-order valence-corrected chi connectivity index (χ1v) is 6.39. The van der Waals surface area contributed by atoms with Crippen LogP contribution in [0.3, 0.4) is 0 Å². The standard InChI is InChI=1S/C12H13N3O2S/c1-8-6-14-12(18-7-11(16)17)15(8)10-4-3-5-13-9(10)2/h3-6H,7H2,1-2H3,(H,16,17). The van der Waals surface area contributed by atoms with Crippen molar-refractivity contribution in [1.29, 1.82) is 0 Å². The zero-order valence-electron chi connectivity index (χ0n) is 10.1. The van der Waals surface area contributed by atoms with Gasteiger partial charge in [-0.1, -0.05) is 11.8 Å². The largest absolute Gasteiger partial charge is 0.481 e. The van der Waals surface area contributed by atoms with Gasteiger partial charge in [0, 0.05) is 18.1 Å². The van der Waals surface area contributed by atoms with Gasteiger partial charge in [0.2, 0.25) is 0 Å². The van der Waals surface area contributed by atoms with Crippen molar-refractivity contribution in [2.75, 3.05) is 5.75 Å². The van der Waals surface area contributed by atoms with Gasteiger partial charge in [-0.25, -0.2) is 4.98 Å². The number of carboxylic acids is 1. The van der Waals surface area contributed by atoms with Crippen LogP contribution in [0.1, 0.15) is 11.4 Å². The number of imidazole rings is 1. The maximum atomic E-state index is 10.6. The van der Waals surface area contributed by atoms with E-state index in [4.69, 9.17) is 5.11 Å². The van der Waals surface area contributed by atoms with Gasteiger partial charge in [-0.05, 0) is 26.0 Å². The molecule has 0 saturated carbocycles. The minimum Gasteiger partial charge on any atom is -0.481 e. The summed E-state index contributed by atoms with van der Waals surface area (Å²) in [5, 5.41) is 9.40. The van der Waals surface area contributed by atoms with E-state index >= 15 is 0 Å². The van der Waals surface area contributed by atoms with Gasteiger partial charge >= 0.3 is 5.97 Å². The zero-order valence-corrected chi connectivity index (χ0v) is 10.9. The van der Waals surface area contributed by atoms with Crippen molar-refractivity contribution in [2.45, 2.75) is 19.0 Å². The van der Waals surface area contributed by atoms with Crippen LogP contribution in [0.4, 0.5) is 0 Å². The quantitative estimate of drug-likeness (QED) is 0.855. The molecule has 0 fully saturated rings. The van der Waals surface area contributed by atoms with Crippen LogP contribution in [0.2, 0.25) is 0 Å². The summed E-state index contributed by atoms with van der Waals surface area (Å²) >= 11 is 1.20. The van der Waals surface area contributed by atoms with E-state index in [2.05, 4.69) is 9.97 Å². The number of carboxylic acid groups (broad SMARTS) is 1. The van der Waals surface area contributed by atoms with E-state index in [9.17, 15) is 4.79 Å². The second-order valence-corrected chi connectivity index (χ2v) is 4.75. The summed E-state index contributed by atoms with van der Waals surface area (Å²) in [6, 6.07) is 3.80. The summed E-state index contributed by atoms with van der Waals surface area (Å²) in [5.41, 5.74) is 2.77. The number of rotatable bonds is 4. The first-order chi connectivity index (χ1) is 8.59. The molecule has 0 unspecified atom stereocenters. The molecule has 0 saturated heterocycles. The second-order valence-electron chi connectivity index (χ2n) is 3.81. The Hall–Kier alpha value is -1.82. The van der Waals surface area contributed by atoms with E-state index in [1.54, 1.807) is 12.4 Å². The van der Waals surface area contributed by atoms with Crippen molar-refractivity contribution in [3.63, 3.8) is 0 Å². The predicted octanol–water partition coefficient (Wildman–Crippen LogP) is 2.06. The van der Waals surface area contributed by atoms with Crippen LogP contribution < -0.4 is 0 Å². The summed E-state index contributed by atoms with van der Waals surface area (Å²) in [6.07, 6.45) is 3.46. The second kappa shape index (κ2) is 5.22. The SMILES string of the molecule is Cc1ncccc1-n1c(C)cnc1SCC(=O)O. The Morgan fingerprint density at radius 3 is 2.89 bits per heavy atom. The van der Waals surface area contributed by atoms with Crippen LogP contribution in [-0.4, -0.2) is 31.4 Å². The first kappa shape index (κ1) is 12.6. The molecule has 1 N–H and O–H groups in total. The summed E-state index contributed by atoms with van der Waals surface area (Å²) in [4.78, 5) is 19.1. The molecule has 0 aliphatic heterocycles. The highest BCUT2D eigenvalue weighted by molar-refractivity contribution is 7.99. The number of carbonyl (C=O) groups is 1. The van der Waals surface area contributed by atoms with Crippen LogP contribution in [-0.2, 0) is 4.79 Å². The van der Waals surface area contributed by atoms with E-state index in [1.807, 2.05) is 30.5 Å². The third kappa shape index (κ3) is 2.53. The third-order valence-electron chi connectivity index (χ3n) is 2.45. The number of pyridine rings is 1. The summed E-state index contributed by atoms with van der Waals surface area (Å²) in [5.74, 6) is -0.856. The fraction of sp³-hybridized carbons (Fsp3) is 0.250. The Labute approximate surface area is 109 Å². The average Bonchev–Trinajstić information content (AvgIpc) is 2.69. The number of aryl methyl sites for hydroxylation is 2. The molecule has 0 bridgehead atoms. The molecule has 0 aromatic carbocycles. The highest BCUT2D eigenvalue weighted by Crippen LogP contribution is 2.24. The molecule has 5 nitrogen and oxygen atoms in total. The molecule has 2 aromatic rings. The number of aromatic nitrogens is 3. The number of hydrogen-bond acceptors (Lipinski definition) is 4. The Morgan fingerprint density at radius 1 is 1.44 bits per heavy atom. The molecule has 94 valence electrons. The van der Waals surface area contributed by atoms with Crippen molar-refractivity contribution < 1.29 is 9.90 Å². The fourth-order valence-corrected chi connectivity index (χ4v) is 2.40. The molecule has 6 heteroatoms. The number of hydrogen-bond donors (Lipinski definition) is 1. The van der Waals surface area contributed by atoms with Crippen molar-refractivity contribution in [3.8, 4) is 5.69 Å². The summed E-state index contributed by atoms with van der Waals surface area (Å²) in [6.45, 7) is 3.85. The average molecular weight is 263 g/mol. The fourth-order valence-electron chi connectivity index (χ4n) is 1.65. The van der Waals surface area contributed by atoms with E-state index in [-0.39, 0.29) is 5.75 Å². The lowest BCUT2D eigenvalue weighted by Crippen LogP contribution is -2.04. The summed E-state index contributed by atoms with van der Waals surface area (Å²) in [7, 11) is 0. The maximum Gasteiger partial charge on any atom is 0.313 e. The van der Waals surface area contributed by atoms with Gasteiger partial charge in [0.1, 0.15) is 0 Å². The molecule has 0 spiro atoms. The Kier molecular flexibility index (Phi) is 3.66. The van der Waals surface area contributed by atoms with Crippen molar-refractivity contribution in [1.82, 2.24) is 14.5 Å². The minimum atomic E-state index is -0.852. The van der Waals surface area contributed by atoms with E-state index in [0.29, 0.717) is 5.16 Å². The van der Waals surface area contributed by atoms with Crippen LogP contribution in [0, 0.1) is 13.8 Å². The summed E-state index contributed by atoms with van der Waals surface area (Å²) < 4.78 is 1.93. The molecule has 0 radical (unpaired) electrons. The van der Waals surface area contributed by atoms with Gasteiger partial charge in [0.05, 0.1) is 17.1 Å². The minimum absolute atomic E-state index is 0.00420. The third-order valence-corrected chi connectivity index (χ3v) is 3.39. The van der Waals surface area contributed by atoms with Crippen molar-refractivity contribution in [2.24, 2.45) is 0 Å². The normalized spacial score (nSPS) is 10.6. The van der Waals surface area contributed by atoms with E-state index in [1.165, 1.54) is 11.8 Å². The van der Waals surface area contributed by atoms with Gasteiger partial charge in [0.15, 0.2) is 5.16 Å². The number of thioether (sulfide) groups is 1. The lowest BCUT2D eigenvalue weighted by Gasteiger charge is -2.11. The lowest BCUT2D eigenvalue weighted by atomic mass is 10.3. The number of aliphatic carboxylic acids is 1. The topological polar surface area (TPSA) is 68.0 Å². The molecule has 18 heavy (non-hydrogen) atoms. The predicted molar refractivity (Wildman–Crippen MR) is 69.2 cm³/mol.